The van der Waals surface area contributed by atoms with Crippen molar-refractivity contribution in [3.05, 3.63) is 47.2 Å². The summed E-state index contributed by atoms with van der Waals surface area (Å²) in [6.07, 6.45) is -4.20. The van der Waals surface area contributed by atoms with Gasteiger partial charge in [0.05, 0.1) is 19.4 Å². The molecule has 1 fully saturated rings. The van der Waals surface area contributed by atoms with E-state index in [0.717, 1.165) is 24.2 Å². The fourth-order valence-corrected chi connectivity index (χ4v) is 5.44. The highest BCUT2D eigenvalue weighted by Crippen LogP contribution is 2.52. The van der Waals surface area contributed by atoms with E-state index in [4.69, 9.17) is 15.2 Å². The number of aliphatic imine (C=N–C) groups is 1. The molecule has 4 rings (SSSR count). The summed E-state index contributed by atoms with van der Waals surface area (Å²) in [6, 6.07) is 3.64. The van der Waals surface area contributed by atoms with Crippen LogP contribution < -0.4 is 15.8 Å². The molecule has 3 N–H and O–H groups in total. The maximum Gasteiger partial charge on any atom is 0.415 e. The van der Waals surface area contributed by atoms with Gasteiger partial charge >= 0.3 is 6.18 Å². The van der Waals surface area contributed by atoms with Crippen molar-refractivity contribution in [3.63, 3.8) is 0 Å². The maximum absolute atomic E-state index is 15.1. The number of aromatic nitrogens is 2. The van der Waals surface area contributed by atoms with Crippen LogP contribution >= 0.6 is 11.8 Å². The highest BCUT2D eigenvalue weighted by molar-refractivity contribution is 8.13. The molecule has 0 saturated carbocycles. The molecule has 1 aromatic heterocycles. The number of carbonyl (C=O) groups excluding carboxylic acids is 1. The average Bonchev–Trinajstić information content (AvgIpc) is 3.21. The predicted molar refractivity (Wildman–Crippen MR) is 127 cm³/mol. The molecule has 2 aromatic rings. The number of hydrogen-bond acceptors (Lipinski definition) is 8. The molecule has 0 bridgehead atoms. The highest BCUT2D eigenvalue weighted by Gasteiger charge is 2.62. The van der Waals surface area contributed by atoms with E-state index in [1.807, 2.05) is 13.8 Å². The third-order valence-corrected chi connectivity index (χ3v) is 6.92. The summed E-state index contributed by atoms with van der Waals surface area (Å²) in [5, 5.41) is 2.66. The number of nitrogens with one attached hydrogen (secondary N) is 1. The molecule has 2 aliphatic heterocycles. The zero-order chi connectivity index (χ0) is 26.1. The number of halogens is 4. The van der Waals surface area contributed by atoms with Crippen LogP contribution in [0.4, 0.5) is 23.2 Å². The summed E-state index contributed by atoms with van der Waals surface area (Å²) < 4.78 is 66.5. The molecular weight excluding hydrogens is 502 g/mol. The molecule has 3 heterocycles. The van der Waals surface area contributed by atoms with Crippen molar-refractivity contribution in [2.75, 3.05) is 24.3 Å². The first-order chi connectivity index (χ1) is 17.1. The smallest absolute Gasteiger partial charge is 0.415 e. The number of aryl methyl sites for hydroxylation is 1. The first kappa shape index (κ1) is 26.1. The SMILES string of the molecule is CCCc1nc(C(=O)Nc2ccc(F)c(C34COC(C(F)(F)F)C3CSC(N)=N4)c2)cnc1OCC. The lowest BCUT2D eigenvalue weighted by atomic mass is 9.78. The van der Waals surface area contributed by atoms with Gasteiger partial charge in [0, 0.05) is 22.9 Å². The summed E-state index contributed by atoms with van der Waals surface area (Å²) in [5.74, 6) is -2.29. The van der Waals surface area contributed by atoms with E-state index in [1.165, 1.54) is 18.3 Å². The molecule has 13 heteroatoms. The first-order valence-corrected chi connectivity index (χ1v) is 12.3. The lowest BCUT2D eigenvalue weighted by Crippen LogP contribution is -2.46. The number of rotatable bonds is 7. The van der Waals surface area contributed by atoms with Gasteiger partial charge in [-0.05, 0) is 31.5 Å². The molecule has 0 radical (unpaired) electrons. The van der Waals surface area contributed by atoms with Gasteiger partial charge in [0.2, 0.25) is 5.88 Å². The Labute approximate surface area is 209 Å². The Kier molecular flexibility index (Phi) is 7.41. The van der Waals surface area contributed by atoms with Gasteiger partial charge in [-0.15, -0.1) is 0 Å². The van der Waals surface area contributed by atoms with Gasteiger partial charge in [-0.3, -0.25) is 4.79 Å². The standard InChI is InChI=1S/C23H25F4N5O3S/c1-3-5-16-20(34-4-2)29-9-17(31-16)19(33)30-12-6-7-15(24)13(8-12)22-11-35-18(23(25,26)27)14(22)10-36-21(28)32-22/h6-9,14,18H,3-5,10-11H2,1-2H3,(H2,28,32)(H,30,33). The molecule has 0 aliphatic carbocycles. The van der Waals surface area contributed by atoms with Gasteiger partial charge in [0.15, 0.2) is 11.3 Å². The number of amidine groups is 1. The van der Waals surface area contributed by atoms with Crippen molar-refractivity contribution in [2.45, 2.75) is 44.5 Å². The number of carbonyl (C=O) groups is 1. The van der Waals surface area contributed by atoms with Crippen LogP contribution in [0.2, 0.25) is 0 Å². The number of hydrogen-bond donors (Lipinski definition) is 2. The van der Waals surface area contributed by atoms with Crippen molar-refractivity contribution in [3.8, 4) is 5.88 Å². The van der Waals surface area contributed by atoms with Crippen LogP contribution in [0.15, 0.2) is 29.4 Å². The second kappa shape index (κ2) is 10.2. The fraction of sp³-hybridized carbons (Fsp3) is 0.478. The van der Waals surface area contributed by atoms with Crippen LogP contribution in [0.3, 0.4) is 0 Å². The molecule has 3 atom stereocenters. The molecule has 1 amide bonds. The van der Waals surface area contributed by atoms with Crippen LogP contribution in [0.5, 0.6) is 5.88 Å². The van der Waals surface area contributed by atoms with Crippen molar-refractivity contribution in [2.24, 2.45) is 16.6 Å². The largest absolute Gasteiger partial charge is 0.477 e. The quantitative estimate of drug-likeness (QED) is 0.523. The number of nitrogens with zero attached hydrogens (tertiary/aromatic N) is 3. The lowest BCUT2D eigenvalue weighted by molar-refractivity contribution is -0.215. The Morgan fingerprint density at radius 2 is 2.14 bits per heavy atom. The zero-order valence-corrected chi connectivity index (χ0v) is 20.4. The number of benzene rings is 1. The second-order valence-corrected chi connectivity index (χ2v) is 9.44. The zero-order valence-electron chi connectivity index (χ0n) is 19.6. The van der Waals surface area contributed by atoms with Crippen LogP contribution in [0, 0.1) is 11.7 Å². The number of ether oxygens (including phenoxy) is 2. The molecular formula is C23H25F4N5O3S. The van der Waals surface area contributed by atoms with Crippen LogP contribution in [0.1, 0.15) is 42.0 Å². The Morgan fingerprint density at radius 3 is 2.83 bits per heavy atom. The maximum atomic E-state index is 15.1. The molecule has 2 aliphatic rings. The third-order valence-electron chi connectivity index (χ3n) is 6.00. The van der Waals surface area contributed by atoms with Gasteiger partial charge in [0.1, 0.15) is 22.7 Å². The molecule has 194 valence electrons. The lowest BCUT2D eigenvalue weighted by Gasteiger charge is -2.36. The Morgan fingerprint density at radius 1 is 1.36 bits per heavy atom. The minimum atomic E-state index is -4.65. The monoisotopic (exact) mass is 527 g/mol. The fourth-order valence-electron chi connectivity index (χ4n) is 4.41. The van der Waals surface area contributed by atoms with Crippen molar-refractivity contribution in [1.29, 1.82) is 0 Å². The molecule has 1 aromatic carbocycles. The van der Waals surface area contributed by atoms with Crippen LogP contribution in [-0.4, -0.2) is 52.3 Å². The number of nitrogens with two attached hydrogens (primary N) is 1. The number of amides is 1. The Balaban J connectivity index is 1.66. The Bertz CT molecular complexity index is 1180. The van der Waals surface area contributed by atoms with E-state index >= 15 is 4.39 Å². The summed E-state index contributed by atoms with van der Waals surface area (Å²) in [4.78, 5) is 25.7. The van der Waals surface area contributed by atoms with E-state index in [2.05, 4.69) is 20.3 Å². The molecule has 1 saturated heterocycles. The normalized spacial score (nSPS) is 23.7. The highest BCUT2D eigenvalue weighted by atomic mass is 32.2. The minimum absolute atomic E-state index is 0.0153. The molecule has 0 spiro atoms. The van der Waals surface area contributed by atoms with Gasteiger partial charge in [-0.2, -0.15) is 13.2 Å². The summed E-state index contributed by atoms with van der Waals surface area (Å²) in [5.41, 5.74) is 4.73. The molecule has 3 unspecified atom stereocenters. The predicted octanol–water partition coefficient (Wildman–Crippen LogP) is 4.05. The van der Waals surface area contributed by atoms with Crippen LogP contribution in [0.25, 0.3) is 0 Å². The topological polar surface area (TPSA) is 112 Å². The summed E-state index contributed by atoms with van der Waals surface area (Å²) in [7, 11) is 0. The van der Waals surface area contributed by atoms with Crippen molar-refractivity contribution in [1.82, 2.24) is 9.97 Å². The van der Waals surface area contributed by atoms with Gasteiger partial charge in [-0.1, -0.05) is 25.1 Å². The van der Waals surface area contributed by atoms with Gasteiger partial charge in [-0.25, -0.2) is 19.4 Å². The first-order valence-electron chi connectivity index (χ1n) is 11.4. The van der Waals surface area contributed by atoms with E-state index in [-0.39, 0.29) is 27.9 Å². The number of fused-ring (bicyclic) bond motifs is 1. The van der Waals surface area contributed by atoms with Crippen LogP contribution in [-0.2, 0) is 16.7 Å². The number of thioether (sulfide) groups is 1. The van der Waals surface area contributed by atoms with Crippen molar-refractivity contribution < 1.29 is 31.8 Å². The third kappa shape index (κ3) is 4.99. The molecule has 36 heavy (non-hydrogen) atoms. The Hall–Kier alpha value is -2.93. The second-order valence-electron chi connectivity index (χ2n) is 8.40. The summed E-state index contributed by atoms with van der Waals surface area (Å²) in [6.45, 7) is 3.65. The number of alkyl halides is 3. The van der Waals surface area contributed by atoms with E-state index in [0.29, 0.717) is 24.6 Å². The van der Waals surface area contributed by atoms with Gasteiger partial charge in [0.25, 0.3) is 5.91 Å². The summed E-state index contributed by atoms with van der Waals surface area (Å²) >= 11 is 0.965. The van der Waals surface area contributed by atoms with Gasteiger partial charge < -0.3 is 20.5 Å². The van der Waals surface area contributed by atoms with Crippen molar-refractivity contribution >= 4 is 28.5 Å². The van der Waals surface area contributed by atoms with E-state index in [9.17, 15) is 18.0 Å². The molecule has 8 nitrogen and oxygen atoms in total. The van der Waals surface area contributed by atoms with E-state index in [1.54, 1.807) is 0 Å². The minimum Gasteiger partial charge on any atom is -0.477 e. The van der Waals surface area contributed by atoms with E-state index < -0.39 is 42.1 Å². The average molecular weight is 528 g/mol. The number of anilines is 1.